The number of amides is 1. The van der Waals surface area contributed by atoms with Crippen LogP contribution in [0.5, 0.6) is 0 Å². The molecule has 0 bridgehead atoms. The smallest absolute Gasteiger partial charge is 0.326 e. The lowest BCUT2D eigenvalue weighted by Gasteiger charge is -2.20. The summed E-state index contributed by atoms with van der Waals surface area (Å²) in [5, 5.41) is 11.3. The zero-order chi connectivity index (χ0) is 10.0. The number of hydrogen-bond acceptors (Lipinski definition) is 2. The molecule has 0 aliphatic heterocycles. The van der Waals surface area contributed by atoms with Gasteiger partial charge in [0.05, 0.1) is 0 Å². The van der Waals surface area contributed by atoms with Gasteiger partial charge in [-0.2, -0.15) is 0 Å². The van der Waals surface area contributed by atoms with Crippen LogP contribution in [-0.2, 0) is 9.59 Å². The van der Waals surface area contributed by atoms with Crippen LogP contribution in [-0.4, -0.2) is 23.0 Å². The quantitative estimate of drug-likeness (QED) is 0.674. The Morgan fingerprint density at radius 2 is 2.00 bits per heavy atom. The van der Waals surface area contributed by atoms with E-state index in [1.54, 1.807) is 0 Å². The van der Waals surface area contributed by atoms with Crippen molar-refractivity contribution in [3.8, 4) is 0 Å². The summed E-state index contributed by atoms with van der Waals surface area (Å²) in [6.45, 7) is 3.22. The number of carboxylic acid groups (broad SMARTS) is 1. The van der Waals surface area contributed by atoms with Gasteiger partial charge in [-0.1, -0.05) is 6.92 Å². The van der Waals surface area contributed by atoms with Gasteiger partial charge in [0.1, 0.15) is 6.04 Å². The van der Waals surface area contributed by atoms with Gasteiger partial charge in [-0.3, -0.25) is 4.79 Å². The molecule has 4 nitrogen and oxygen atoms in total. The highest BCUT2D eigenvalue weighted by Crippen LogP contribution is 2.38. The van der Waals surface area contributed by atoms with E-state index in [1.165, 1.54) is 6.92 Å². The van der Waals surface area contributed by atoms with E-state index >= 15 is 0 Å². The molecule has 0 aromatic rings. The second kappa shape index (κ2) is 3.77. The molecule has 0 aromatic carbocycles. The topological polar surface area (TPSA) is 66.4 Å². The molecule has 0 aromatic heterocycles. The molecule has 4 heteroatoms. The van der Waals surface area contributed by atoms with E-state index in [2.05, 4.69) is 5.32 Å². The second-order valence-electron chi connectivity index (χ2n) is 3.71. The van der Waals surface area contributed by atoms with Gasteiger partial charge < -0.3 is 10.4 Å². The minimum atomic E-state index is -0.936. The summed E-state index contributed by atoms with van der Waals surface area (Å²) >= 11 is 0. The van der Waals surface area contributed by atoms with Crippen LogP contribution in [0.2, 0.25) is 0 Å². The molecule has 1 aliphatic carbocycles. The van der Waals surface area contributed by atoms with Gasteiger partial charge >= 0.3 is 5.97 Å². The van der Waals surface area contributed by atoms with Crippen molar-refractivity contribution < 1.29 is 14.7 Å². The van der Waals surface area contributed by atoms with E-state index in [0.717, 1.165) is 12.8 Å². The first-order valence-corrected chi connectivity index (χ1v) is 4.52. The molecule has 2 unspecified atom stereocenters. The largest absolute Gasteiger partial charge is 0.480 e. The highest BCUT2D eigenvalue weighted by Gasteiger charge is 2.37. The van der Waals surface area contributed by atoms with E-state index < -0.39 is 12.0 Å². The number of rotatable bonds is 4. The lowest BCUT2D eigenvalue weighted by molar-refractivity contribution is -0.143. The lowest BCUT2D eigenvalue weighted by atomic mass is 9.97. The first-order chi connectivity index (χ1) is 6.02. The van der Waals surface area contributed by atoms with Gasteiger partial charge in [0.15, 0.2) is 0 Å². The molecule has 1 aliphatic rings. The Labute approximate surface area is 77.3 Å². The first kappa shape index (κ1) is 10.0. The SMILES string of the molecule is CC(=O)NC(C(=O)O)C(C)C1CC1. The highest BCUT2D eigenvalue weighted by molar-refractivity contribution is 5.82. The van der Waals surface area contributed by atoms with Crippen LogP contribution in [0, 0.1) is 11.8 Å². The Bertz CT molecular complexity index is 223. The van der Waals surface area contributed by atoms with E-state index in [1.807, 2.05) is 6.92 Å². The summed E-state index contributed by atoms with van der Waals surface area (Å²) in [6.07, 6.45) is 2.18. The molecule has 0 radical (unpaired) electrons. The van der Waals surface area contributed by atoms with Crippen LogP contribution in [0.4, 0.5) is 0 Å². The summed E-state index contributed by atoms with van der Waals surface area (Å²) in [6, 6.07) is -0.718. The van der Waals surface area contributed by atoms with E-state index in [-0.39, 0.29) is 11.8 Å². The fourth-order valence-electron chi connectivity index (χ4n) is 1.53. The van der Waals surface area contributed by atoms with Crippen molar-refractivity contribution in [3.63, 3.8) is 0 Å². The van der Waals surface area contributed by atoms with Crippen LogP contribution < -0.4 is 5.32 Å². The van der Waals surface area contributed by atoms with Gasteiger partial charge in [-0.05, 0) is 24.7 Å². The zero-order valence-corrected chi connectivity index (χ0v) is 7.91. The number of carbonyl (C=O) groups is 2. The van der Waals surface area contributed by atoms with E-state index in [4.69, 9.17) is 5.11 Å². The van der Waals surface area contributed by atoms with Gasteiger partial charge in [0, 0.05) is 6.92 Å². The first-order valence-electron chi connectivity index (χ1n) is 4.52. The van der Waals surface area contributed by atoms with Crippen LogP contribution in [0.3, 0.4) is 0 Å². The zero-order valence-electron chi connectivity index (χ0n) is 7.91. The average Bonchev–Trinajstić information content (AvgIpc) is 2.80. The Kier molecular flexibility index (Phi) is 2.90. The van der Waals surface area contributed by atoms with Gasteiger partial charge in [0.2, 0.25) is 5.91 Å². The number of nitrogens with one attached hydrogen (secondary N) is 1. The molecular weight excluding hydrogens is 170 g/mol. The molecule has 1 saturated carbocycles. The predicted molar refractivity (Wildman–Crippen MR) is 47.1 cm³/mol. The number of hydrogen-bond donors (Lipinski definition) is 2. The van der Waals surface area contributed by atoms with Gasteiger partial charge in [-0.15, -0.1) is 0 Å². The van der Waals surface area contributed by atoms with Crippen molar-refractivity contribution in [1.82, 2.24) is 5.32 Å². The Balaban J connectivity index is 2.54. The molecular formula is C9H15NO3. The third kappa shape index (κ3) is 2.72. The van der Waals surface area contributed by atoms with Gasteiger partial charge in [0.25, 0.3) is 0 Å². The Morgan fingerprint density at radius 3 is 2.31 bits per heavy atom. The van der Waals surface area contributed by atoms with Crippen molar-refractivity contribution in [2.75, 3.05) is 0 Å². The molecule has 0 spiro atoms. The van der Waals surface area contributed by atoms with E-state index in [9.17, 15) is 9.59 Å². The standard InChI is InChI=1S/C9H15NO3/c1-5(7-3-4-7)8(9(12)13)10-6(2)11/h5,7-8H,3-4H2,1-2H3,(H,10,11)(H,12,13). The average molecular weight is 185 g/mol. The third-order valence-electron chi connectivity index (χ3n) is 2.52. The maximum atomic E-state index is 10.8. The molecule has 74 valence electrons. The van der Waals surface area contributed by atoms with Crippen LogP contribution in [0.1, 0.15) is 26.7 Å². The molecule has 1 fully saturated rings. The molecule has 0 heterocycles. The normalized spacial score (nSPS) is 20.5. The van der Waals surface area contributed by atoms with Crippen LogP contribution >= 0.6 is 0 Å². The number of carbonyl (C=O) groups excluding carboxylic acids is 1. The van der Waals surface area contributed by atoms with E-state index in [0.29, 0.717) is 5.92 Å². The predicted octanol–water partition coefficient (Wildman–Crippen LogP) is 0.622. The van der Waals surface area contributed by atoms with Crippen molar-refractivity contribution in [2.24, 2.45) is 11.8 Å². The van der Waals surface area contributed by atoms with Crippen molar-refractivity contribution >= 4 is 11.9 Å². The maximum absolute atomic E-state index is 10.8. The fraction of sp³-hybridized carbons (Fsp3) is 0.778. The molecule has 0 saturated heterocycles. The summed E-state index contributed by atoms with van der Waals surface area (Å²) in [7, 11) is 0. The minimum absolute atomic E-state index is 0.0430. The monoisotopic (exact) mass is 185 g/mol. The van der Waals surface area contributed by atoms with Gasteiger partial charge in [-0.25, -0.2) is 4.79 Å². The Morgan fingerprint density at radius 1 is 1.46 bits per heavy atom. The lowest BCUT2D eigenvalue weighted by Crippen LogP contribution is -2.44. The second-order valence-corrected chi connectivity index (χ2v) is 3.71. The maximum Gasteiger partial charge on any atom is 0.326 e. The molecule has 2 N–H and O–H groups in total. The third-order valence-corrected chi connectivity index (χ3v) is 2.52. The van der Waals surface area contributed by atoms with Crippen molar-refractivity contribution in [1.29, 1.82) is 0 Å². The number of carboxylic acids is 1. The van der Waals surface area contributed by atoms with Crippen molar-refractivity contribution in [3.05, 3.63) is 0 Å². The summed E-state index contributed by atoms with van der Waals surface area (Å²) in [4.78, 5) is 21.5. The summed E-state index contributed by atoms with van der Waals surface area (Å²) < 4.78 is 0. The number of aliphatic carboxylic acids is 1. The molecule has 13 heavy (non-hydrogen) atoms. The molecule has 1 rings (SSSR count). The van der Waals surface area contributed by atoms with Crippen molar-refractivity contribution in [2.45, 2.75) is 32.7 Å². The molecule has 1 amide bonds. The van der Waals surface area contributed by atoms with Crippen LogP contribution in [0.15, 0.2) is 0 Å². The summed E-state index contributed by atoms with van der Waals surface area (Å²) in [5.41, 5.74) is 0. The highest BCUT2D eigenvalue weighted by atomic mass is 16.4. The van der Waals surface area contributed by atoms with Crippen LogP contribution in [0.25, 0.3) is 0 Å². The fourth-order valence-corrected chi connectivity index (χ4v) is 1.53. The molecule has 2 atom stereocenters. The Hall–Kier alpha value is -1.06. The minimum Gasteiger partial charge on any atom is -0.480 e. The summed E-state index contributed by atoms with van der Waals surface area (Å²) in [5.74, 6) is -0.691.